The molecule has 0 spiro atoms. The number of para-hydroxylation sites is 2. The second-order valence-electron chi connectivity index (χ2n) is 5.51. The van der Waals surface area contributed by atoms with Crippen LogP contribution < -0.4 is 9.47 Å². The summed E-state index contributed by atoms with van der Waals surface area (Å²) in [6.07, 6.45) is 0. The third kappa shape index (κ3) is 3.55. The molecule has 0 fully saturated rings. The molecule has 6 nitrogen and oxygen atoms in total. The van der Waals surface area contributed by atoms with Crippen LogP contribution in [0.25, 0.3) is 11.0 Å². The monoisotopic (exact) mass is 372 g/mol. The molecule has 2 aromatic carbocycles. The van der Waals surface area contributed by atoms with E-state index in [0.717, 1.165) is 11.0 Å². The van der Waals surface area contributed by atoms with Crippen LogP contribution >= 0.6 is 11.6 Å². The molecule has 0 unspecified atom stereocenters. The summed E-state index contributed by atoms with van der Waals surface area (Å²) in [5.74, 6) is 0.179. The minimum atomic E-state index is -0.540. The fraction of sp³-hybridized carbons (Fsp3) is 0.211. The van der Waals surface area contributed by atoms with Crippen molar-refractivity contribution in [1.29, 1.82) is 0 Å². The lowest BCUT2D eigenvalue weighted by Gasteiger charge is -2.12. The van der Waals surface area contributed by atoms with Gasteiger partial charge in [0.15, 0.2) is 11.5 Å². The predicted molar refractivity (Wildman–Crippen MR) is 98.0 cm³/mol. The minimum absolute atomic E-state index is 0.00840. The van der Waals surface area contributed by atoms with E-state index in [9.17, 15) is 4.79 Å². The maximum absolute atomic E-state index is 12.4. The van der Waals surface area contributed by atoms with Gasteiger partial charge in [-0.15, -0.1) is 0 Å². The molecule has 0 aliphatic carbocycles. The number of hydrogen-bond acceptors (Lipinski definition) is 6. The normalized spacial score (nSPS) is 10.6. The fourth-order valence-corrected chi connectivity index (χ4v) is 2.80. The number of methoxy groups -OCH3 is 2. The molecule has 0 aliphatic rings. The molecule has 0 aliphatic heterocycles. The first-order chi connectivity index (χ1) is 12.5. The quantitative estimate of drug-likeness (QED) is 0.631. The molecule has 0 saturated carbocycles. The molecular weight excluding hydrogens is 356 g/mol. The number of benzene rings is 2. The SMILES string of the molecule is COc1cc(C(=O)OCc2nc3ccccc3nc2C)cc(Cl)c1OC. The van der Waals surface area contributed by atoms with Gasteiger partial charge < -0.3 is 14.2 Å². The summed E-state index contributed by atoms with van der Waals surface area (Å²) in [6.45, 7) is 1.84. The number of fused-ring (bicyclic) bond motifs is 1. The van der Waals surface area contributed by atoms with Crippen LogP contribution in [-0.2, 0) is 11.3 Å². The molecule has 0 atom stereocenters. The molecule has 7 heteroatoms. The van der Waals surface area contributed by atoms with Gasteiger partial charge >= 0.3 is 5.97 Å². The minimum Gasteiger partial charge on any atom is -0.493 e. The van der Waals surface area contributed by atoms with E-state index in [4.69, 9.17) is 25.8 Å². The molecule has 1 aromatic heterocycles. The van der Waals surface area contributed by atoms with E-state index in [1.165, 1.54) is 26.4 Å². The number of esters is 1. The van der Waals surface area contributed by atoms with Crippen molar-refractivity contribution in [2.75, 3.05) is 14.2 Å². The van der Waals surface area contributed by atoms with E-state index in [1.807, 2.05) is 31.2 Å². The summed E-state index contributed by atoms with van der Waals surface area (Å²) >= 11 is 6.13. The van der Waals surface area contributed by atoms with E-state index in [0.29, 0.717) is 22.9 Å². The molecule has 1 heterocycles. The van der Waals surface area contributed by atoms with Crippen molar-refractivity contribution < 1.29 is 19.0 Å². The van der Waals surface area contributed by atoms with Gasteiger partial charge in [-0.3, -0.25) is 0 Å². The number of aromatic nitrogens is 2. The van der Waals surface area contributed by atoms with Crippen molar-refractivity contribution in [3.63, 3.8) is 0 Å². The largest absolute Gasteiger partial charge is 0.493 e. The van der Waals surface area contributed by atoms with Gasteiger partial charge in [0, 0.05) is 0 Å². The molecule has 26 heavy (non-hydrogen) atoms. The summed E-state index contributed by atoms with van der Waals surface area (Å²) in [7, 11) is 2.94. The van der Waals surface area contributed by atoms with Crippen LogP contribution in [0.5, 0.6) is 11.5 Å². The number of carbonyl (C=O) groups excluding carboxylic acids is 1. The Labute approximate surface area is 155 Å². The van der Waals surface area contributed by atoms with Crippen molar-refractivity contribution >= 4 is 28.6 Å². The van der Waals surface area contributed by atoms with Gasteiger partial charge in [-0.25, -0.2) is 14.8 Å². The van der Waals surface area contributed by atoms with Gasteiger partial charge in [0.2, 0.25) is 0 Å². The number of halogens is 1. The Balaban J connectivity index is 1.81. The molecular formula is C19H17ClN2O4. The van der Waals surface area contributed by atoms with Crippen molar-refractivity contribution in [2.45, 2.75) is 13.5 Å². The highest BCUT2D eigenvalue weighted by Crippen LogP contribution is 2.36. The number of hydrogen-bond donors (Lipinski definition) is 0. The topological polar surface area (TPSA) is 70.5 Å². The van der Waals surface area contributed by atoms with Gasteiger partial charge in [-0.1, -0.05) is 23.7 Å². The molecule has 3 rings (SSSR count). The zero-order valence-electron chi connectivity index (χ0n) is 14.6. The number of nitrogens with zero attached hydrogens (tertiary/aromatic N) is 2. The van der Waals surface area contributed by atoms with Crippen LogP contribution in [0.2, 0.25) is 5.02 Å². The van der Waals surface area contributed by atoms with Gasteiger partial charge in [0.1, 0.15) is 6.61 Å². The number of rotatable bonds is 5. The van der Waals surface area contributed by atoms with Gasteiger partial charge in [0.25, 0.3) is 0 Å². The van der Waals surface area contributed by atoms with Gasteiger partial charge in [-0.2, -0.15) is 0 Å². The van der Waals surface area contributed by atoms with Crippen molar-refractivity contribution in [3.05, 3.63) is 58.4 Å². The van der Waals surface area contributed by atoms with E-state index in [1.54, 1.807) is 0 Å². The number of ether oxygens (including phenoxy) is 3. The summed E-state index contributed by atoms with van der Waals surface area (Å²) in [5.41, 5.74) is 3.12. The highest BCUT2D eigenvalue weighted by Gasteiger charge is 2.17. The first-order valence-electron chi connectivity index (χ1n) is 7.84. The van der Waals surface area contributed by atoms with Crippen molar-refractivity contribution in [3.8, 4) is 11.5 Å². The number of carbonyl (C=O) groups is 1. The highest BCUT2D eigenvalue weighted by molar-refractivity contribution is 6.32. The van der Waals surface area contributed by atoms with E-state index >= 15 is 0 Å². The lowest BCUT2D eigenvalue weighted by Crippen LogP contribution is -2.09. The third-order valence-corrected chi connectivity index (χ3v) is 4.13. The Morgan fingerprint density at radius 2 is 1.77 bits per heavy atom. The van der Waals surface area contributed by atoms with Crippen molar-refractivity contribution in [1.82, 2.24) is 9.97 Å². The summed E-state index contributed by atoms with van der Waals surface area (Å²) in [5, 5.41) is 0.264. The van der Waals surface area contributed by atoms with Gasteiger partial charge in [0.05, 0.1) is 47.2 Å². The summed E-state index contributed by atoms with van der Waals surface area (Å²) in [6, 6.07) is 10.5. The summed E-state index contributed by atoms with van der Waals surface area (Å²) in [4.78, 5) is 21.4. The molecule has 0 bridgehead atoms. The van der Waals surface area contributed by atoms with Crippen LogP contribution in [0.15, 0.2) is 36.4 Å². The average Bonchev–Trinajstić information content (AvgIpc) is 2.65. The smallest absolute Gasteiger partial charge is 0.338 e. The molecule has 134 valence electrons. The predicted octanol–water partition coefficient (Wildman–Crippen LogP) is 3.97. The molecule has 0 N–H and O–H groups in total. The van der Waals surface area contributed by atoms with Crippen LogP contribution in [0.4, 0.5) is 0 Å². The van der Waals surface area contributed by atoms with E-state index in [-0.39, 0.29) is 17.2 Å². The van der Waals surface area contributed by atoms with Crippen LogP contribution in [0.3, 0.4) is 0 Å². The average molecular weight is 373 g/mol. The zero-order valence-corrected chi connectivity index (χ0v) is 15.3. The number of aryl methyl sites for hydroxylation is 1. The Kier molecular flexibility index (Phi) is 5.23. The van der Waals surface area contributed by atoms with E-state index < -0.39 is 5.97 Å². The molecule has 0 amide bonds. The Morgan fingerprint density at radius 1 is 1.08 bits per heavy atom. The van der Waals surface area contributed by atoms with Crippen molar-refractivity contribution in [2.24, 2.45) is 0 Å². The summed E-state index contributed by atoms with van der Waals surface area (Å²) < 4.78 is 15.7. The van der Waals surface area contributed by atoms with Crippen LogP contribution in [-0.4, -0.2) is 30.2 Å². The lowest BCUT2D eigenvalue weighted by molar-refractivity contribution is 0.0466. The highest BCUT2D eigenvalue weighted by atomic mass is 35.5. The second kappa shape index (κ2) is 7.58. The van der Waals surface area contributed by atoms with Crippen LogP contribution in [0, 0.1) is 6.92 Å². The molecule has 0 radical (unpaired) electrons. The molecule has 0 saturated heterocycles. The standard InChI is InChI=1S/C19H17ClN2O4/c1-11-16(22-15-7-5-4-6-14(15)21-11)10-26-19(23)12-8-13(20)18(25-3)17(9-12)24-2/h4-9H,10H2,1-3H3. The Bertz CT molecular complexity index is 975. The Morgan fingerprint density at radius 3 is 2.42 bits per heavy atom. The van der Waals surface area contributed by atoms with E-state index in [2.05, 4.69) is 9.97 Å². The maximum Gasteiger partial charge on any atom is 0.338 e. The molecule has 3 aromatic rings. The second-order valence-corrected chi connectivity index (χ2v) is 5.92. The fourth-order valence-electron chi connectivity index (χ4n) is 2.51. The maximum atomic E-state index is 12.4. The first kappa shape index (κ1) is 17.9. The van der Waals surface area contributed by atoms with Gasteiger partial charge in [-0.05, 0) is 31.2 Å². The Hall–Kier alpha value is -2.86. The van der Waals surface area contributed by atoms with Crippen LogP contribution in [0.1, 0.15) is 21.7 Å². The third-order valence-electron chi connectivity index (χ3n) is 3.85. The zero-order chi connectivity index (χ0) is 18.7. The first-order valence-corrected chi connectivity index (χ1v) is 8.22. The lowest BCUT2D eigenvalue weighted by atomic mass is 10.2.